The summed E-state index contributed by atoms with van der Waals surface area (Å²) in [5, 5.41) is 9.98. The molecule has 2 heterocycles. The predicted molar refractivity (Wildman–Crippen MR) is 101 cm³/mol. The lowest BCUT2D eigenvalue weighted by Gasteiger charge is -2.22. The van der Waals surface area contributed by atoms with Crippen LogP contribution in [0.3, 0.4) is 0 Å². The maximum absolute atomic E-state index is 12.8. The van der Waals surface area contributed by atoms with E-state index in [0.717, 1.165) is 24.8 Å². The molecule has 3 aromatic rings. The van der Waals surface area contributed by atoms with Crippen LogP contribution in [-0.2, 0) is 17.6 Å². The van der Waals surface area contributed by atoms with Crippen molar-refractivity contribution in [1.82, 2.24) is 15.1 Å². The fourth-order valence-corrected chi connectivity index (χ4v) is 3.59. The number of hydrogen-bond donors (Lipinski definition) is 1. The molecule has 0 unspecified atom stereocenters. The number of rotatable bonds is 7. The quantitative estimate of drug-likeness (QED) is 0.708. The smallest absolute Gasteiger partial charge is 0.272 e. The van der Waals surface area contributed by atoms with Gasteiger partial charge in [-0.2, -0.15) is 5.10 Å². The van der Waals surface area contributed by atoms with Crippen molar-refractivity contribution in [2.75, 3.05) is 13.1 Å². The zero-order valence-electron chi connectivity index (χ0n) is 14.2. The highest BCUT2D eigenvalue weighted by molar-refractivity contribution is 7.09. The summed E-state index contributed by atoms with van der Waals surface area (Å²) in [6.45, 7) is 3.50. The molecule has 130 valence electrons. The van der Waals surface area contributed by atoms with Gasteiger partial charge in [-0.1, -0.05) is 31.2 Å². The largest absolute Gasteiger partial charge is 0.342 e. The lowest BCUT2D eigenvalue weighted by atomic mass is 10.1. The van der Waals surface area contributed by atoms with E-state index < -0.39 is 0 Å². The van der Waals surface area contributed by atoms with Crippen molar-refractivity contribution in [1.29, 1.82) is 0 Å². The van der Waals surface area contributed by atoms with Crippen LogP contribution in [0.4, 0.5) is 0 Å². The number of H-pyrrole nitrogens is 1. The van der Waals surface area contributed by atoms with Crippen LogP contribution in [0.25, 0.3) is 10.8 Å². The first kappa shape index (κ1) is 17.4. The van der Waals surface area contributed by atoms with Crippen LogP contribution >= 0.6 is 11.3 Å². The number of amides is 1. The Hall–Kier alpha value is -2.47. The Morgan fingerprint density at radius 1 is 1.16 bits per heavy atom. The van der Waals surface area contributed by atoms with Crippen molar-refractivity contribution < 1.29 is 4.79 Å². The van der Waals surface area contributed by atoms with Crippen molar-refractivity contribution in [2.45, 2.75) is 26.2 Å². The summed E-state index contributed by atoms with van der Waals surface area (Å²) < 4.78 is 0. The molecule has 2 aromatic heterocycles. The zero-order chi connectivity index (χ0) is 17.6. The molecule has 0 spiro atoms. The molecule has 0 aliphatic rings. The van der Waals surface area contributed by atoms with Gasteiger partial charge in [-0.3, -0.25) is 9.59 Å². The number of thiophene rings is 1. The van der Waals surface area contributed by atoms with Gasteiger partial charge in [-0.25, -0.2) is 5.10 Å². The summed E-state index contributed by atoms with van der Waals surface area (Å²) in [5.74, 6) is 0.0445. The van der Waals surface area contributed by atoms with Gasteiger partial charge < -0.3 is 4.90 Å². The SMILES string of the molecule is CCCN(CCc1cccs1)C(=O)Cc1n[nH]c(=O)c2ccccc12. The lowest BCUT2D eigenvalue weighted by Crippen LogP contribution is -2.35. The van der Waals surface area contributed by atoms with Crippen LogP contribution in [0, 0.1) is 0 Å². The maximum Gasteiger partial charge on any atom is 0.272 e. The highest BCUT2D eigenvalue weighted by atomic mass is 32.1. The Morgan fingerprint density at radius 3 is 2.68 bits per heavy atom. The van der Waals surface area contributed by atoms with E-state index in [0.29, 0.717) is 17.6 Å². The molecule has 0 atom stereocenters. The van der Waals surface area contributed by atoms with Crippen LogP contribution in [-0.4, -0.2) is 34.1 Å². The molecule has 0 aliphatic heterocycles. The first-order valence-corrected chi connectivity index (χ1v) is 9.33. The Balaban J connectivity index is 1.77. The molecular weight excluding hydrogens is 334 g/mol. The third kappa shape index (κ3) is 4.14. The molecule has 0 saturated heterocycles. The van der Waals surface area contributed by atoms with Crippen LogP contribution in [0.1, 0.15) is 23.9 Å². The lowest BCUT2D eigenvalue weighted by molar-refractivity contribution is -0.130. The number of carbonyl (C=O) groups excluding carboxylic acids is 1. The summed E-state index contributed by atoms with van der Waals surface area (Å²) in [6, 6.07) is 11.4. The van der Waals surface area contributed by atoms with Gasteiger partial charge in [-0.15, -0.1) is 11.3 Å². The van der Waals surface area contributed by atoms with Crippen LogP contribution in [0.2, 0.25) is 0 Å². The van der Waals surface area contributed by atoms with E-state index in [1.54, 1.807) is 17.4 Å². The van der Waals surface area contributed by atoms with Crippen LogP contribution < -0.4 is 5.56 Å². The minimum atomic E-state index is -0.227. The molecule has 0 fully saturated rings. The Kier molecular flexibility index (Phi) is 5.60. The summed E-state index contributed by atoms with van der Waals surface area (Å²) >= 11 is 1.71. The molecular formula is C19H21N3O2S. The minimum absolute atomic E-state index is 0.0445. The van der Waals surface area contributed by atoms with Crippen molar-refractivity contribution in [3.8, 4) is 0 Å². The van der Waals surface area contributed by atoms with Gasteiger partial charge in [0.05, 0.1) is 17.5 Å². The zero-order valence-corrected chi connectivity index (χ0v) is 15.0. The van der Waals surface area contributed by atoms with Gasteiger partial charge in [-0.05, 0) is 30.4 Å². The van der Waals surface area contributed by atoms with Gasteiger partial charge in [0.25, 0.3) is 5.56 Å². The molecule has 0 aliphatic carbocycles. The monoisotopic (exact) mass is 355 g/mol. The van der Waals surface area contributed by atoms with Crippen LogP contribution in [0.5, 0.6) is 0 Å². The minimum Gasteiger partial charge on any atom is -0.342 e. The van der Waals surface area contributed by atoms with Crippen LogP contribution in [0.15, 0.2) is 46.6 Å². The second-order valence-corrected chi connectivity index (χ2v) is 6.96. The first-order chi connectivity index (χ1) is 12.2. The van der Waals surface area contributed by atoms with Crippen molar-refractivity contribution in [2.24, 2.45) is 0 Å². The number of nitrogens with one attached hydrogen (secondary N) is 1. The highest BCUT2D eigenvalue weighted by Crippen LogP contribution is 2.15. The number of aromatic amines is 1. The van der Waals surface area contributed by atoms with Crippen molar-refractivity contribution in [3.63, 3.8) is 0 Å². The topological polar surface area (TPSA) is 66.1 Å². The van der Waals surface area contributed by atoms with Gasteiger partial charge in [0.2, 0.25) is 5.91 Å². The fourth-order valence-electron chi connectivity index (χ4n) is 2.89. The number of nitrogens with zero attached hydrogens (tertiary/aromatic N) is 2. The van der Waals surface area contributed by atoms with E-state index in [4.69, 9.17) is 0 Å². The molecule has 5 nitrogen and oxygen atoms in total. The van der Waals surface area contributed by atoms with E-state index in [2.05, 4.69) is 28.6 Å². The van der Waals surface area contributed by atoms with Crippen molar-refractivity contribution in [3.05, 3.63) is 62.7 Å². The number of aromatic nitrogens is 2. The molecule has 6 heteroatoms. The average Bonchev–Trinajstić information content (AvgIpc) is 3.14. The molecule has 3 rings (SSSR count). The Bertz CT molecular complexity index is 902. The van der Waals surface area contributed by atoms with Gasteiger partial charge >= 0.3 is 0 Å². The molecule has 0 bridgehead atoms. The number of hydrogen-bond acceptors (Lipinski definition) is 4. The van der Waals surface area contributed by atoms with E-state index in [1.807, 2.05) is 29.2 Å². The molecule has 0 saturated carbocycles. The normalized spacial score (nSPS) is 10.9. The Morgan fingerprint density at radius 2 is 1.96 bits per heavy atom. The van der Waals surface area contributed by atoms with E-state index in [1.165, 1.54) is 4.88 Å². The molecule has 1 aromatic carbocycles. The third-order valence-electron chi connectivity index (χ3n) is 4.15. The summed E-state index contributed by atoms with van der Waals surface area (Å²) in [4.78, 5) is 27.8. The number of benzene rings is 1. The average molecular weight is 355 g/mol. The second kappa shape index (κ2) is 8.07. The van der Waals surface area contributed by atoms with Crippen molar-refractivity contribution >= 4 is 28.0 Å². The van der Waals surface area contributed by atoms with E-state index >= 15 is 0 Å². The standard InChI is InChI=1S/C19H21N3O2S/c1-2-10-22(11-9-14-6-5-12-25-14)18(23)13-17-15-7-3-4-8-16(15)19(24)21-20-17/h3-8,12H,2,9-11,13H2,1H3,(H,21,24). The number of carbonyl (C=O) groups is 1. The molecule has 1 amide bonds. The maximum atomic E-state index is 12.8. The molecule has 1 N–H and O–H groups in total. The van der Waals surface area contributed by atoms with E-state index in [-0.39, 0.29) is 17.9 Å². The molecule has 25 heavy (non-hydrogen) atoms. The summed E-state index contributed by atoms with van der Waals surface area (Å²) in [6.07, 6.45) is 1.97. The second-order valence-electron chi connectivity index (χ2n) is 5.93. The van der Waals surface area contributed by atoms with Gasteiger partial charge in [0, 0.05) is 23.4 Å². The first-order valence-electron chi connectivity index (χ1n) is 8.45. The van der Waals surface area contributed by atoms with Gasteiger partial charge in [0.15, 0.2) is 0 Å². The summed E-state index contributed by atoms with van der Waals surface area (Å²) in [5.41, 5.74) is 0.396. The van der Waals surface area contributed by atoms with Gasteiger partial charge in [0.1, 0.15) is 0 Å². The third-order valence-corrected chi connectivity index (χ3v) is 5.08. The Labute approximate surface area is 150 Å². The number of fused-ring (bicyclic) bond motifs is 1. The summed E-state index contributed by atoms with van der Waals surface area (Å²) in [7, 11) is 0. The fraction of sp³-hybridized carbons (Fsp3) is 0.316. The van der Waals surface area contributed by atoms with E-state index in [9.17, 15) is 9.59 Å². The predicted octanol–water partition coefficient (Wildman–Crippen LogP) is 3.01. The highest BCUT2D eigenvalue weighted by Gasteiger charge is 2.16. The molecule has 0 radical (unpaired) electrons.